The highest BCUT2D eigenvalue weighted by atomic mass is 16.4. The minimum Gasteiger partial charge on any atom is -0.480 e. The lowest BCUT2D eigenvalue weighted by Gasteiger charge is -2.43. The van der Waals surface area contributed by atoms with Gasteiger partial charge in [0.2, 0.25) is 0 Å². The first-order valence-corrected chi connectivity index (χ1v) is 15.5. The summed E-state index contributed by atoms with van der Waals surface area (Å²) in [5.74, 6) is 0.742. The van der Waals surface area contributed by atoms with Crippen LogP contribution in [0, 0.1) is 5.41 Å². The van der Waals surface area contributed by atoms with Crippen LogP contribution >= 0.6 is 0 Å². The summed E-state index contributed by atoms with van der Waals surface area (Å²) in [5.41, 5.74) is 2.10. The number of aromatic nitrogens is 4. The number of amides is 1. The van der Waals surface area contributed by atoms with Gasteiger partial charge in [-0.1, -0.05) is 31.4 Å². The lowest BCUT2D eigenvalue weighted by Crippen LogP contribution is -2.47. The fourth-order valence-corrected chi connectivity index (χ4v) is 7.27. The fraction of sp³-hybridized carbons (Fsp3) is 0.562. The largest absolute Gasteiger partial charge is 0.480 e. The second kappa shape index (κ2) is 12.8. The molecular weight excluding hydrogens is 530 g/mol. The van der Waals surface area contributed by atoms with Crippen LogP contribution in [0.25, 0.3) is 0 Å². The number of aromatic amines is 1. The number of carbonyl (C=O) groups is 2. The number of hydrogen-bond donors (Lipinski definition) is 2. The van der Waals surface area contributed by atoms with Crippen molar-refractivity contribution in [3.8, 4) is 0 Å². The third-order valence-electron chi connectivity index (χ3n) is 9.68. The number of carboxylic acid groups (broad SMARTS) is 1. The van der Waals surface area contributed by atoms with Crippen molar-refractivity contribution in [1.82, 2.24) is 34.2 Å². The molecule has 0 atom stereocenters. The summed E-state index contributed by atoms with van der Waals surface area (Å²) in [4.78, 5) is 43.7. The summed E-state index contributed by atoms with van der Waals surface area (Å²) < 4.78 is 1.65. The third-order valence-corrected chi connectivity index (χ3v) is 9.68. The van der Waals surface area contributed by atoms with Crippen molar-refractivity contribution >= 4 is 11.9 Å². The van der Waals surface area contributed by atoms with Gasteiger partial charge in [-0.3, -0.25) is 14.5 Å². The van der Waals surface area contributed by atoms with Gasteiger partial charge in [0, 0.05) is 56.0 Å². The molecule has 1 spiro atoms. The minimum absolute atomic E-state index is 0.128. The second-order valence-corrected chi connectivity index (χ2v) is 12.5. The highest BCUT2D eigenvalue weighted by molar-refractivity contribution is 5.94. The Bertz CT molecular complexity index is 1320. The number of carbonyl (C=O) groups excluding carboxylic acids is 1. The van der Waals surface area contributed by atoms with Gasteiger partial charge in [0.15, 0.2) is 0 Å². The topological polar surface area (TPSA) is 111 Å². The molecule has 3 aliphatic rings. The van der Waals surface area contributed by atoms with E-state index >= 15 is 0 Å². The summed E-state index contributed by atoms with van der Waals surface area (Å²) in [6, 6.07) is 8.74. The predicted octanol–water partition coefficient (Wildman–Crippen LogP) is 4.15. The number of imidazole rings is 2. The summed E-state index contributed by atoms with van der Waals surface area (Å²) in [7, 11) is 0. The molecule has 6 rings (SSSR count). The normalized spacial score (nSPS) is 19.6. The van der Waals surface area contributed by atoms with E-state index in [9.17, 15) is 14.7 Å². The van der Waals surface area contributed by atoms with E-state index in [0.29, 0.717) is 30.9 Å². The van der Waals surface area contributed by atoms with Crippen molar-refractivity contribution in [2.75, 3.05) is 26.2 Å². The van der Waals surface area contributed by atoms with Crippen LogP contribution in [0.3, 0.4) is 0 Å². The highest BCUT2D eigenvalue weighted by Crippen LogP contribution is 2.42. The van der Waals surface area contributed by atoms with Crippen LogP contribution in [0.4, 0.5) is 0 Å². The average molecular weight is 574 g/mol. The molecule has 2 saturated heterocycles. The maximum Gasteiger partial charge on any atom is 0.323 e. The molecule has 3 fully saturated rings. The SMILES string of the molecule is O=C(O)Cn1ccnc1CN(Cc1ccc(C(=O)N2CCC3(CCN(C4CCCCC4)CC3)C2)cc1)Cc1ncc[nH]1. The first-order chi connectivity index (χ1) is 20.5. The standard InChI is InChI=1S/C32H43N7O3/c40-30(41)23-38-19-15-35-29(38)22-36(21-28-33-13-14-34-28)20-25-6-8-26(9-7-25)31(42)39-18-12-32(24-39)10-16-37(17-11-32)27-4-2-1-3-5-27/h6-9,13-15,19,27H,1-5,10-12,16-18,20-24H2,(H,33,34)(H,40,41). The van der Waals surface area contributed by atoms with E-state index in [0.717, 1.165) is 42.5 Å². The lowest BCUT2D eigenvalue weighted by molar-refractivity contribution is -0.137. The van der Waals surface area contributed by atoms with Gasteiger partial charge in [-0.15, -0.1) is 0 Å². The van der Waals surface area contributed by atoms with Crippen molar-refractivity contribution in [2.45, 2.75) is 83.6 Å². The van der Waals surface area contributed by atoms with Gasteiger partial charge >= 0.3 is 5.97 Å². The lowest BCUT2D eigenvalue weighted by atomic mass is 9.77. The quantitative estimate of drug-likeness (QED) is 0.375. The van der Waals surface area contributed by atoms with Crippen molar-refractivity contribution in [3.63, 3.8) is 0 Å². The molecule has 1 aromatic carbocycles. The molecule has 2 aromatic heterocycles. The van der Waals surface area contributed by atoms with Gasteiger partial charge < -0.3 is 24.5 Å². The number of piperidine rings is 1. The van der Waals surface area contributed by atoms with Crippen LogP contribution in [-0.4, -0.2) is 83.4 Å². The maximum atomic E-state index is 13.5. The van der Waals surface area contributed by atoms with Crippen molar-refractivity contribution < 1.29 is 14.7 Å². The van der Waals surface area contributed by atoms with E-state index in [4.69, 9.17) is 0 Å². The molecule has 1 aliphatic carbocycles. The number of rotatable bonds is 10. The maximum absolute atomic E-state index is 13.5. The van der Waals surface area contributed by atoms with Crippen LogP contribution in [-0.2, 0) is 31.0 Å². The van der Waals surface area contributed by atoms with Gasteiger partial charge in [-0.2, -0.15) is 0 Å². The molecule has 1 amide bonds. The van der Waals surface area contributed by atoms with E-state index in [1.807, 2.05) is 24.3 Å². The number of benzene rings is 1. The Labute approximate surface area is 247 Å². The summed E-state index contributed by atoms with van der Waals surface area (Å²) in [5, 5.41) is 9.26. The van der Waals surface area contributed by atoms with Crippen molar-refractivity contribution in [3.05, 3.63) is 71.8 Å². The molecule has 10 heteroatoms. The van der Waals surface area contributed by atoms with Gasteiger partial charge in [0.1, 0.15) is 18.2 Å². The van der Waals surface area contributed by atoms with Gasteiger partial charge in [0.25, 0.3) is 5.91 Å². The van der Waals surface area contributed by atoms with Crippen LogP contribution in [0.5, 0.6) is 0 Å². The van der Waals surface area contributed by atoms with Gasteiger partial charge in [0.05, 0.1) is 13.1 Å². The summed E-state index contributed by atoms with van der Waals surface area (Å²) in [6.45, 7) is 5.61. The molecule has 0 radical (unpaired) electrons. The van der Waals surface area contributed by atoms with E-state index in [1.165, 1.54) is 58.0 Å². The molecule has 1 saturated carbocycles. The fourth-order valence-electron chi connectivity index (χ4n) is 7.27. The first kappa shape index (κ1) is 28.6. The zero-order valence-corrected chi connectivity index (χ0v) is 24.5. The van der Waals surface area contributed by atoms with E-state index in [2.05, 4.69) is 29.7 Å². The smallest absolute Gasteiger partial charge is 0.323 e. The Morgan fingerprint density at radius 2 is 1.71 bits per heavy atom. The molecular formula is C32H43N7O3. The van der Waals surface area contributed by atoms with Crippen LogP contribution in [0.1, 0.15) is 78.9 Å². The number of aliphatic carboxylic acids is 1. The highest BCUT2D eigenvalue weighted by Gasteiger charge is 2.43. The van der Waals surface area contributed by atoms with Crippen molar-refractivity contribution in [2.24, 2.45) is 5.41 Å². The number of carboxylic acids is 1. The summed E-state index contributed by atoms with van der Waals surface area (Å²) in [6.07, 6.45) is 17.3. The number of nitrogens with zero attached hydrogens (tertiary/aromatic N) is 6. The first-order valence-electron chi connectivity index (χ1n) is 15.5. The molecule has 224 valence electrons. The Morgan fingerprint density at radius 1 is 0.952 bits per heavy atom. The zero-order chi connectivity index (χ0) is 28.9. The monoisotopic (exact) mass is 573 g/mol. The van der Waals surface area contributed by atoms with Gasteiger partial charge in [-0.25, -0.2) is 9.97 Å². The molecule has 4 heterocycles. The Balaban J connectivity index is 1.06. The van der Waals surface area contributed by atoms with Crippen molar-refractivity contribution in [1.29, 1.82) is 0 Å². The third kappa shape index (κ3) is 6.76. The predicted molar refractivity (Wildman–Crippen MR) is 158 cm³/mol. The van der Waals surface area contributed by atoms with Gasteiger partial charge in [-0.05, 0) is 68.3 Å². The molecule has 0 bridgehead atoms. The molecule has 0 unspecified atom stereocenters. The molecule has 10 nitrogen and oxygen atoms in total. The van der Waals surface area contributed by atoms with E-state index in [1.54, 1.807) is 29.4 Å². The Morgan fingerprint density at radius 3 is 2.43 bits per heavy atom. The minimum atomic E-state index is -0.902. The number of likely N-dealkylation sites (tertiary alicyclic amines) is 2. The number of H-pyrrole nitrogens is 1. The Hall–Kier alpha value is -3.50. The zero-order valence-electron chi connectivity index (χ0n) is 24.5. The van der Waals surface area contributed by atoms with Crippen LogP contribution < -0.4 is 0 Å². The number of nitrogens with one attached hydrogen (secondary N) is 1. The second-order valence-electron chi connectivity index (χ2n) is 12.5. The molecule has 3 aromatic rings. The Kier molecular flexibility index (Phi) is 8.71. The summed E-state index contributed by atoms with van der Waals surface area (Å²) >= 11 is 0. The number of hydrogen-bond acceptors (Lipinski definition) is 6. The van der Waals surface area contributed by atoms with Crippen LogP contribution in [0.15, 0.2) is 49.1 Å². The van der Waals surface area contributed by atoms with E-state index in [-0.39, 0.29) is 12.5 Å². The molecule has 2 N–H and O–H groups in total. The van der Waals surface area contributed by atoms with Crippen LogP contribution in [0.2, 0.25) is 0 Å². The molecule has 2 aliphatic heterocycles. The molecule has 42 heavy (non-hydrogen) atoms. The average Bonchev–Trinajstić information content (AvgIpc) is 3.77. The van der Waals surface area contributed by atoms with E-state index < -0.39 is 5.97 Å².